The molecule has 2 heteroatoms. The van der Waals surface area contributed by atoms with Crippen LogP contribution in [0.15, 0.2) is 30.7 Å². The number of pyridine rings is 1. The first-order valence-corrected chi connectivity index (χ1v) is 2.97. The van der Waals surface area contributed by atoms with Gasteiger partial charge in [-0.3, -0.25) is 4.98 Å². The summed E-state index contributed by atoms with van der Waals surface area (Å²) in [5, 5.41) is 8.76. The van der Waals surface area contributed by atoms with Crippen molar-refractivity contribution in [2.45, 2.75) is 6.42 Å². The van der Waals surface area contributed by atoms with E-state index in [4.69, 9.17) is 5.11 Å². The van der Waals surface area contributed by atoms with E-state index in [0.717, 1.165) is 5.69 Å². The van der Waals surface area contributed by atoms with Gasteiger partial charge < -0.3 is 5.11 Å². The van der Waals surface area contributed by atoms with Crippen LogP contribution in [0.2, 0.25) is 0 Å². The number of allylic oxidation sites excluding steroid dienone is 1. The average molecular weight is 134 g/mol. The third-order valence-corrected chi connectivity index (χ3v) is 1.06. The van der Waals surface area contributed by atoms with Gasteiger partial charge >= 0.3 is 0 Å². The molecule has 1 rings (SSSR count). The van der Waals surface area contributed by atoms with Crippen molar-refractivity contribution in [3.8, 4) is 0 Å². The summed E-state index contributed by atoms with van der Waals surface area (Å²) in [5.74, 6) is 0.138. The van der Waals surface area contributed by atoms with E-state index in [-0.39, 0.29) is 5.76 Å². The minimum atomic E-state index is 0.138. The second kappa shape index (κ2) is 3.01. The van der Waals surface area contributed by atoms with Crippen LogP contribution in [-0.2, 0) is 6.42 Å². The average Bonchev–Trinajstić information content (AvgIpc) is 1.88. The van der Waals surface area contributed by atoms with Crippen LogP contribution >= 0.6 is 0 Å². The Morgan fingerprint density at radius 1 is 1.80 bits per heavy atom. The van der Waals surface area contributed by atoms with E-state index in [0.29, 0.717) is 6.42 Å². The van der Waals surface area contributed by atoms with Crippen molar-refractivity contribution < 1.29 is 5.11 Å². The first kappa shape index (κ1) is 6.81. The predicted octanol–water partition coefficient (Wildman–Crippen LogP) is 1.50. The van der Waals surface area contributed by atoms with Gasteiger partial charge in [0.05, 0.1) is 5.76 Å². The van der Waals surface area contributed by atoms with E-state index in [9.17, 15) is 0 Å². The number of hydrogen-bond acceptors (Lipinski definition) is 2. The van der Waals surface area contributed by atoms with Crippen LogP contribution in [0.3, 0.4) is 0 Å². The lowest BCUT2D eigenvalue weighted by molar-refractivity contribution is 0.400. The first-order chi connectivity index (χ1) is 4.79. The van der Waals surface area contributed by atoms with Gasteiger partial charge in [0.15, 0.2) is 0 Å². The van der Waals surface area contributed by atoms with E-state index in [1.54, 1.807) is 18.3 Å². The molecule has 0 aromatic carbocycles. The highest BCUT2D eigenvalue weighted by atomic mass is 16.3. The topological polar surface area (TPSA) is 33.1 Å². The minimum Gasteiger partial charge on any atom is -0.513 e. The molecule has 0 saturated heterocycles. The molecule has 0 saturated carbocycles. The predicted molar refractivity (Wildman–Crippen MR) is 38.5 cm³/mol. The molecule has 10 heavy (non-hydrogen) atoms. The van der Waals surface area contributed by atoms with Crippen molar-refractivity contribution >= 4 is 0 Å². The van der Waals surface area contributed by atoms with Gasteiger partial charge in [-0.05, 0) is 6.07 Å². The largest absolute Gasteiger partial charge is 0.513 e. The van der Waals surface area contributed by atoms with Crippen LogP contribution in [-0.4, -0.2) is 10.1 Å². The number of aliphatic hydroxyl groups is 1. The Kier molecular flexibility index (Phi) is 2.05. The van der Waals surface area contributed by atoms with Crippen LogP contribution in [0, 0.1) is 6.07 Å². The van der Waals surface area contributed by atoms with E-state index in [1.807, 2.05) is 0 Å². The number of rotatable bonds is 2. The summed E-state index contributed by atoms with van der Waals surface area (Å²) >= 11 is 0. The van der Waals surface area contributed by atoms with Crippen LogP contribution in [0.1, 0.15) is 5.69 Å². The normalized spacial score (nSPS) is 9.20. The molecular formula is C8H8NO. The minimum absolute atomic E-state index is 0.138. The quantitative estimate of drug-likeness (QED) is 0.622. The van der Waals surface area contributed by atoms with Gasteiger partial charge in [-0.2, -0.15) is 0 Å². The van der Waals surface area contributed by atoms with Crippen LogP contribution < -0.4 is 0 Å². The van der Waals surface area contributed by atoms with Crippen molar-refractivity contribution in [2.24, 2.45) is 0 Å². The summed E-state index contributed by atoms with van der Waals surface area (Å²) < 4.78 is 0. The third-order valence-electron chi connectivity index (χ3n) is 1.06. The lowest BCUT2D eigenvalue weighted by Crippen LogP contribution is -1.89. The van der Waals surface area contributed by atoms with Gasteiger partial charge in [-0.25, -0.2) is 0 Å². The molecule has 0 bridgehead atoms. The summed E-state index contributed by atoms with van der Waals surface area (Å²) in [6.07, 6.45) is 1.99. The summed E-state index contributed by atoms with van der Waals surface area (Å²) in [6.45, 7) is 3.36. The zero-order chi connectivity index (χ0) is 7.40. The maximum atomic E-state index is 8.76. The Hall–Kier alpha value is -1.31. The van der Waals surface area contributed by atoms with Crippen molar-refractivity contribution in [3.05, 3.63) is 42.4 Å². The van der Waals surface area contributed by atoms with Gasteiger partial charge in [0.1, 0.15) is 0 Å². The second-order valence-corrected chi connectivity index (χ2v) is 1.99. The molecule has 1 radical (unpaired) electrons. The molecule has 1 heterocycles. The molecule has 0 aliphatic rings. The molecule has 0 amide bonds. The summed E-state index contributed by atoms with van der Waals surface area (Å²) in [6, 6.07) is 6.33. The van der Waals surface area contributed by atoms with Crippen LogP contribution in [0.25, 0.3) is 0 Å². The molecule has 1 aromatic rings. The maximum Gasteiger partial charge on any atom is 0.0910 e. The van der Waals surface area contributed by atoms with Gasteiger partial charge in [0.2, 0.25) is 0 Å². The molecule has 2 nitrogen and oxygen atoms in total. The Balaban J connectivity index is 2.67. The molecule has 1 N–H and O–H groups in total. The highest BCUT2D eigenvalue weighted by Crippen LogP contribution is 1.98. The zero-order valence-corrected chi connectivity index (χ0v) is 5.54. The van der Waals surface area contributed by atoms with Gasteiger partial charge in [0, 0.05) is 24.4 Å². The van der Waals surface area contributed by atoms with Crippen LogP contribution in [0.5, 0.6) is 0 Å². The second-order valence-electron chi connectivity index (χ2n) is 1.99. The lowest BCUT2D eigenvalue weighted by atomic mass is 10.2. The Morgan fingerprint density at radius 3 is 3.10 bits per heavy atom. The monoisotopic (exact) mass is 134 g/mol. The fourth-order valence-electron chi connectivity index (χ4n) is 0.664. The molecule has 0 aliphatic carbocycles. The number of hydrogen-bond donors (Lipinski definition) is 1. The van der Waals surface area contributed by atoms with Gasteiger partial charge in [-0.15, -0.1) is 0 Å². The smallest absolute Gasteiger partial charge is 0.0910 e. The molecule has 1 aromatic heterocycles. The molecule has 51 valence electrons. The maximum absolute atomic E-state index is 8.76. The highest BCUT2D eigenvalue weighted by molar-refractivity contribution is 5.07. The summed E-state index contributed by atoms with van der Waals surface area (Å²) in [4.78, 5) is 3.94. The van der Waals surface area contributed by atoms with E-state index in [1.165, 1.54) is 0 Å². The summed E-state index contributed by atoms with van der Waals surface area (Å²) in [7, 11) is 0. The number of aromatic nitrogens is 1. The molecule has 0 aliphatic heterocycles. The Labute approximate surface area is 59.9 Å². The standard InChI is InChI=1S/C8H8NO/c1-7(10)6-8-4-2-3-5-9-8/h2,4-5,10H,1,6H2. The molecule has 0 spiro atoms. The van der Waals surface area contributed by atoms with Crippen molar-refractivity contribution in [1.82, 2.24) is 4.98 Å². The summed E-state index contributed by atoms with van der Waals surface area (Å²) in [5.41, 5.74) is 0.811. The lowest BCUT2D eigenvalue weighted by Gasteiger charge is -1.95. The zero-order valence-electron chi connectivity index (χ0n) is 5.54. The molecule has 0 unspecified atom stereocenters. The molecular weight excluding hydrogens is 126 g/mol. The van der Waals surface area contributed by atoms with E-state index in [2.05, 4.69) is 17.6 Å². The van der Waals surface area contributed by atoms with Crippen molar-refractivity contribution in [2.75, 3.05) is 0 Å². The number of nitrogens with zero attached hydrogens (tertiary/aromatic N) is 1. The van der Waals surface area contributed by atoms with Gasteiger partial charge in [-0.1, -0.05) is 12.6 Å². The van der Waals surface area contributed by atoms with Crippen molar-refractivity contribution in [3.63, 3.8) is 0 Å². The molecule has 0 atom stereocenters. The fraction of sp³-hybridized carbons (Fsp3) is 0.125. The first-order valence-electron chi connectivity index (χ1n) is 2.97. The van der Waals surface area contributed by atoms with Gasteiger partial charge in [0.25, 0.3) is 0 Å². The Bertz CT molecular complexity index is 218. The Morgan fingerprint density at radius 2 is 2.60 bits per heavy atom. The third kappa shape index (κ3) is 1.90. The van der Waals surface area contributed by atoms with E-state index < -0.39 is 0 Å². The number of aliphatic hydroxyl groups excluding tert-OH is 1. The van der Waals surface area contributed by atoms with Crippen LogP contribution in [0.4, 0.5) is 0 Å². The fourth-order valence-corrected chi connectivity index (χ4v) is 0.664. The van der Waals surface area contributed by atoms with Crippen molar-refractivity contribution in [1.29, 1.82) is 0 Å². The highest BCUT2D eigenvalue weighted by Gasteiger charge is 1.92. The van der Waals surface area contributed by atoms with E-state index >= 15 is 0 Å². The molecule has 0 fully saturated rings. The SMILES string of the molecule is C=C(O)Cc1cc[c]cn1.